The van der Waals surface area contributed by atoms with Crippen LogP contribution in [0.4, 0.5) is 0 Å². The summed E-state index contributed by atoms with van der Waals surface area (Å²) >= 11 is 0. The average molecular weight is 438 g/mol. The minimum Gasteiger partial charge on any atom is -0.496 e. The number of nitrogens with zero attached hydrogens (tertiary/aromatic N) is 4. The lowest BCUT2D eigenvalue weighted by Gasteiger charge is -2.35. The van der Waals surface area contributed by atoms with Crippen molar-refractivity contribution in [1.82, 2.24) is 24.4 Å². The Morgan fingerprint density at radius 3 is 2.44 bits per heavy atom. The number of carbonyl (C=O) groups excluding carboxylic acids is 2. The molecule has 1 aliphatic heterocycles. The Hall–Kier alpha value is -3.62. The van der Waals surface area contributed by atoms with Crippen molar-refractivity contribution < 1.29 is 14.3 Å². The number of ether oxygens (including phenoxy) is 1. The van der Waals surface area contributed by atoms with E-state index in [4.69, 9.17) is 4.74 Å². The number of aromatic nitrogens is 3. The Kier molecular flexibility index (Phi) is 5.73. The van der Waals surface area contributed by atoms with Crippen LogP contribution < -0.4 is 10.3 Å². The number of methoxy groups -OCH3 is 1. The first kappa shape index (κ1) is 21.6. The van der Waals surface area contributed by atoms with Gasteiger partial charge < -0.3 is 14.5 Å². The smallest absolute Gasteiger partial charge is 0.266 e. The Morgan fingerprint density at radius 1 is 1.06 bits per heavy atom. The summed E-state index contributed by atoms with van der Waals surface area (Å²) in [5.74, 6) is 0.606. The minimum absolute atomic E-state index is 0.0176. The predicted octanol–water partition coefficient (Wildman–Crippen LogP) is 1.48. The molecule has 1 aromatic carbocycles. The molecule has 168 valence electrons. The van der Waals surface area contributed by atoms with Crippen molar-refractivity contribution in [3.05, 3.63) is 62.7 Å². The number of carbonyl (C=O) groups is 2. The average Bonchev–Trinajstić information content (AvgIpc) is 3.16. The molecule has 1 saturated heterocycles. The molecular formula is C23H27N5O4. The molecule has 1 fully saturated rings. The molecule has 0 aliphatic carbocycles. The first-order valence-corrected chi connectivity index (χ1v) is 10.6. The summed E-state index contributed by atoms with van der Waals surface area (Å²) < 4.78 is 6.94. The fraction of sp³-hybridized carbons (Fsp3) is 0.391. The highest BCUT2D eigenvalue weighted by molar-refractivity contribution is 5.95. The molecule has 9 heteroatoms. The van der Waals surface area contributed by atoms with Gasteiger partial charge in [-0.05, 0) is 38.5 Å². The molecule has 0 saturated carbocycles. The third-order valence-corrected chi connectivity index (χ3v) is 6.11. The van der Waals surface area contributed by atoms with Gasteiger partial charge in [0, 0.05) is 54.8 Å². The van der Waals surface area contributed by atoms with Gasteiger partial charge in [-0.1, -0.05) is 6.07 Å². The lowest BCUT2D eigenvalue weighted by atomic mass is 10.1. The van der Waals surface area contributed by atoms with Crippen molar-refractivity contribution in [3.63, 3.8) is 0 Å². The molecule has 1 N–H and O–H groups in total. The van der Waals surface area contributed by atoms with E-state index in [1.165, 1.54) is 6.07 Å². The quantitative estimate of drug-likeness (QED) is 0.667. The standard InChI is InChI=1S/C23H27N5O4/c1-14-5-6-17(11-19(14)32-4)23(31)27-9-7-26(8-10-27)22(30)12-18-15(2)24-20-13-21(29)25-28(20)16(18)3/h5-6,11,13H,7-10,12H2,1-4H3,(H,25,29). The van der Waals surface area contributed by atoms with Crippen LogP contribution in [0.15, 0.2) is 29.1 Å². The zero-order valence-electron chi connectivity index (χ0n) is 18.8. The number of fused-ring (bicyclic) bond motifs is 1. The normalized spacial score (nSPS) is 14.1. The summed E-state index contributed by atoms with van der Waals surface area (Å²) in [5, 5.41) is 2.71. The summed E-state index contributed by atoms with van der Waals surface area (Å²) in [4.78, 5) is 45.5. The Bertz CT molecular complexity index is 1250. The molecule has 0 unspecified atom stereocenters. The van der Waals surface area contributed by atoms with Crippen LogP contribution in [0.3, 0.4) is 0 Å². The van der Waals surface area contributed by atoms with Gasteiger partial charge in [-0.15, -0.1) is 0 Å². The van der Waals surface area contributed by atoms with Crippen molar-refractivity contribution in [2.45, 2.75) is 27.2 Å². The summed E-state index contributed by atoms with van der Waals surface area (Å²) in [6.07, 6.45) is 0.198. The molecule has 3 aromatic rings. The van der Waals surface area contributed by atoms with Crippen molar-refractivity contribution >= 4 is 17.5 Å². The van der Waals surface area contributed by atoms with E-state index in [0.29, 0.717) is 43.1 Å². The highest BCUT2D eigenvalue weighted by atomic mass is 16.5. The summed E-state index contributed by atoms with van der Waals surface area (Å²) in [6, 6.07) is 6.87. The molecular weight excluding hydrogens is 410 g/mol. The van der Waals surface area contributed by atoms with E-state index in [1.54, 1.807) is 33.6 Å². The number of hydrogen-bond donors (Lipinski definition) is 1. The van der Waals surface area contributed by atoms with Gasteiger partial charge in [0.25, 0.3) is 11.5 Å². The molecule has 0 atom stereocenters. The number of piperazine rings is 1. The maximum Gasteiger partial charge on any atom is 0.266 e. The van der Waals surface area contributed by atoms with Gasteiger partial charge in [-0.25, -0.2) is 9.50 Å². The number of H-pyrrole nitrogens is 1. The van der Waals surface area contributed by atoms with Crippen molar-refractivity contribution in [2.24, 2.45) is 0 Å². The van der Waals surface area contributed by atoms with Crippen LogP contribution in [0.25, 0.3) is 5.65 Å². The van der Waals surface area contributed by atoms with Gasteiger partial charge in [0.05, 0.1) is 13.5 Å². The SMILES string of the molecule is COc1cc(C(=O)N2CCN(C(=O)Cc3c(C)nc4cc(=O)[nH]n4c3C)CC2)ccc1C. The summed E-state index contributed by atoms with van der Waals surface area (Å²) in [6.45, 7) is 7.54. The zero-order chi connectivity index (χ0) is 23.0. The van der Waals surface area contributed by atoms with E-state index >= 15 is 0 Å². The fourth-order valence-corrected chi connectivity index (χ4v) is 4.17. The molecule has 1 aliphatic rings. The van der Waals surface area contributed by atoms with E-state index in [-0.39, 0.29) is 23.8 Å². The van der Waals surface area contributed by atoms with E-state index in [1.807, 2.05) is 26.8 Å². The Morgan fingerprint density at radius 2 is 1.75 bits per heavy atom. The van der Waals surface area contributed by atoms with Crippen molar-refractivity contribution in [2.75, 3.05) is 33.3 Å². The lowest BCUT2D eigenvalue weighted by molar-refractivity contribution is -0.131. The van der Waals surface area contributed by atoms with Gasteiger partial charge in [0.15, 0.2) is 5.65 Å². The largest absolute Gasteiger partial charge is 0.496 e. The highest BCUT2D eigenvalue weighted by Crippen LogP contribution is 2.21. The van der Waals surface area contributed by atoms with Gasteiger partial charge in [0.1, 0.15) is 5.75 Å². The Labute approximate surface area is 185 Å². The van der Waals surface area contributed by atoms with Crippen LogP contribution in [0.2, 0.25) is 0 Å². The first-order valence-electron chi connectivity index (χ1n) is 10.6. The van der Waals surface area contributed by atoms with E-state index in [2.05, 4.69) is 10.1 Å². The third-order valence-electron chi connectivity index (χ3n) is 6.11. The molecule has 0 radical (unpaired) electrons. The monoisotopic (exact) mass is 437 g/mol. The van der Waals surface area contributed by atoms with Gasteiger partial charge in [-0.3, -0.25) is 19.5 Å². The van der Waals surface area contributed by atoms with Crippen LogP contribution >= 0.6 is 0 Å². The maximum absolute atomic E-state index is 13.0. The zero-order valence-corrected chi connectivity index (χ0v) is 18.8. The van der Waals surface area contributed by atoms with Crippen LogP contribution in [0, 0.1) is 20.8 Å². The maximum atomic E-state index is 13.0. The molecule has 2 aromatic heterocycles. The molecule has 4 rings (SSSR count). The fourth-order valence-electron chi connectivity index (χ4n) is 4.17. The Balaban J connectivity index is 1.42. The number of rotatable bonds is 4. The van der Waals surface area contributed by atoms with E-state index in [9.17, 15) is 14.4 Å². The van der Waals surface area contributed by atoms with E-state index < -0.39 is 0 Å². The molecule has 2 amide bonds. The van der Waals surface area contributed by atoms with Gasteiger partial charge >= 0.3 is 0 Å². The summed E-state index contributed by atoms with van der Waals surface area (Å²) in [5.41, 5.74) is 4.21. The number of amides is 2. The second-order valence-electron chi connectivity index (χ2n) is 8.11. The number of benzene rings is 1. The van der Waals surface area contributed by atoms with Gasteiger partial charge in [-0.2, -0.15) is 0 Å². The minimum atomic E-state index is -0.226. The molecule has 9 nitrogen and oxygen atoms in total. The van der Waals surface area contributed by atoms with Crippen molar-refractivity contribution in [1.29, 1.82) is 0 Å². The van der Waals surface area contributed by atoms with Crippen molar-refractivity contribution in [3.8, 4) is 5.75 Å². The molecule has 3 heterocycles. The number of hydrogen-bond acceptors (Lipinski definition) is 5. The number of nitrogens with one attached hydrogen (secondary N) is 1. The van der Waals surface area contributed by atoms with E-state index in [0.717, 1.165) is 22.5 Å². The van der Waals surface area contributed by atoms with Gasteiger partial charge in [0.2, 0.25) is 5.91 Å². The molecule has 0 spiro atoms. The third kappa shape index (κ3) is 3.98. The van der Waals surface area contributed by atoms with Crippen LogP contribution in [0.5, 0.6) is 5.75 Å². The van der Waals surface area contributed by atoms with Crippen LogP contribution in [0.1, 0.15) is 32.9 Å². The second kappa shape index (κ2) is 8.49. The van der Waals surface area contributed by atoms with Crippen LogP contribution in [-0.2, 0) is 11.2 Å². The summed E-state index contributed by atoms with van der Waals surface area (Å²) in [7, 11) is 1.59. The lowest BCUT2D eigenvalue weighted by Crippen LogP contribution is -2.51. The number of aryl methyl sites for hydroxylation is 3. The highest BCUT2D eigenvalue weighted by Gasteiger charge is 2.26. The molecule has 0 bridgehead atoms. The predicted molar refractivity (Wildman–Crippen MR) is 119 cm³/mol. The topological polar surface area (TPSA) is 100 Å². The first-order chi connectivity index (χ1) is 15.3. The second-order valence-corrected chi connectivity index (χ2v) is 8.11. The molecule has 32 heavy (non-hydrogen) atoms. The van der Waals surface area contributed by atoms with Crippen LogP contribution in [-0.4, -0.2) is 69.5 Å². The number of aromatic amines is 1.